The van der Waals surface area contributed by atoms with Crippen LogP contribution in [0.1, 0.15) is 12.5 Å². The van der Waals surface area contributed by atoms with Gasteiger partial charge < -0.3 is 9.73 Å². The number of benzene rings is 2. The van der Waals surface area contributed by atoms with Crippen molar-refractivity contribution in [3.05, 3.63) is 58.9 Å². The van der Waals surface area contributed by atoms with Crippen LogP contribution in [-0.2, 0) is 4.79 Å². The molecule has 0 saturated heterocycles. The van der Waals surface area contributed by atoms with Crippen LogP contribution in [0.25, 0.3) is 11.5 Å². The molecule has 0 aliphatic rings. The number of carbonyl (C=O) groups is 1. The van der Waals surface area contributed by atoms with Crippen LogP contribution in [0.3, 0.4) is 0 Å². The van der Waals surface area contributed by atoms with Gasteiger partial charge in [0.15, 0.2) is 0 Å². The highest BCUT2D eigenvalue weighted by atomic mass is 35.5. The van der Waals surface area contributed by atoms with Crippen molar-refractivity contribution < 1.29 is 13.6 Å². The fraction of sp³-hybridized carbons (Fsp3) is 0.167. The first-order chi connectivity index (χ1) is 12.4. The van der Waals surface area contributed by atoms with E-state index >= 15 is 0 Å². The van der Waals surface area contributed by atoms with Crippen LogP contribution >= 0.6 is 23.4 Å². The molecule has 26 heavy (non-hydrogen) atoms. The Morgan fingerprint density at radius 1 is 1.23 bits per heavy atom. The van der Waals surface area contributed by atoms with Crippen LogP contribution in [0.5, 0.6) is 0 Å². The summed E-state index contributed by atoms with van der Waals surface area (Å²) < 4.78 is 18.8. The van der Waals surface area contributed by atoms with E-state index in [1.165, 1.54) is 18.2 Å². The van der Waals surface area contributed by atoms with E-state index in [0.717, 1.165) is 22.9 Å². The lowest BCUT2D eigenvalue weighted by Gasteiger charge is -2.10. The predicted molar refractivity (Wildman–Crippen MR) is 99.8 cm³/mol. The number of nitrogens with one attached hydrogen (secondary N) is 1. The van der Waals surface area contributed by atoms with Gasteiger partial charge in [-0.1, -0.05) is 41.1 Å². The third-order valence-electron chi connectivity index (χ3n) is 3.54. The Morgan fingerprint density at radius 2 is 1.96 bits per heavy atom. The molecule has 5 nitrogen and oxygen atoms in total. The molecule has 1 N–H and O–H groups in total. The smallest absolute Gasteiger partial charge is 0.277 e. The van der Waals surface area contributed by atoms with Crippen molar-refractivity contribution in [2.24, 2.45) is 0 Å². The summed E-state index contributed by atoms with van der Waals surface area (Å²) in [5.41, 5.74) is 2.36. The molecule has 1 amide bonds. The molecule has 134 valence electrons. The van der Waals surface area contributed by atoms with Crippen molar-refractivity contribution in [3.8, 4) is 11.5 Å². The number of aromatic nitrogens is 2. The maximum absolute atomic E-state index is 13.2. The van der Waals surface area contributed by atoms with Crippen molar-refractivity contribution >= 4 is 35.0 Å². The summed E-state index contributed by atoms with van der Waals surface area (Å²) in [7, 11) is 0. The topological polar surface area (TPSA) is 68.0 Å². The van der Waals surface area contributed by atoms with E-state index in [4.69, 9.17) is 16.0 Å². The van der Waals surface area contributed by atoms with Gasteiger partial charge in [-0.05, 0) is 44.2 Å². The fourth-order valence-electron chi connectivity index (χ4n) is 2.09. The van der Waals surface area contributed by atoms with Gasteiger partial charge in [-0.25, -0.2) is 4.39 Å². The standard InChI is InChI=1S/C18H15ClFN3O2S/c1-10-3-5-12(6-4-10)17-22-23-18(25-17)26-11(2)16(24)21-13-7-8-15(20)14(19)9-13/h3-9,11H,1-2H3,(H,21,24)/t11-/m1/s1. The Kier molecular flexibility index (Phi) is 5.58. The van der Waals surface area contributed by atoms with E-state index in [0.29, 0.717) is 16.8 Å². The van der Waals surface area contributed by atoms with Crippen molar-refractivity contribution in [3.63, 3.8) is 0 Å². The van der Waals surface area contributed by atoms with Crippen LogP contribution in [0.4, 0.5) is 10.1 Å². The molecule has 0 bridgehead atoms. The summed E-state index contributed by atoms with van der Waals surface area (Å²) >= 11 is 6.85. The van der Waals surface area contributed by atoms with Crippen LogP contribution in [0, 0.1) is 12.7 Å². The second-order valence-corrected chi connectivity index (χ2v) is 7.32. The van der Waals surface area contributed by atoms with Crippen LogP contribution in [0.2, 0.25) is 5.02 Å². The first kappa shape index (κ1) is 18.4. The SMILES string of the molecule is Cc1ccc(-c2nnc(S[C@H](C)C(=O)Nc3ccc(F)c(Cl)c3)o2)cc1. The molecule has 0 radical (unpaired) electrons. The number of thioether (sulfide) groups is 1. The summed E-state index contributed by atoms with van der Waals surface area (Å²) in [4.78, 5) is 12.3. The lowest BCUT2D eigenvalue weighted by atomic mass is 10.1. The molecule has 3 rings (SSSR count). The minimum Gasteiger partial charge on any atom is -0.411 e. The zero-order valence-electron chi connectivity index (χ0n) is 14.0. The highest BCUT2D eigenvalue weighted by Crippen LogP contribution is 2.27. The Balaban J connectivity index is 1.64. The van der Waals surface area contributed by atoms with Gasteiger partial charge in [-0.3, -0.25) is 4.79 Å². The first-order valence-electron chi connectivity index (χ1n) is 7.75. The zero-order valence-corrected chi connectivity index (χ0v) is 15.6. The Labute approximate surface area is 159 Å². The molecule has 0 spiro atoms. The molecule has 0 unspecified atom stereocenters. The van der Waals surface area contributed by atoms with E-state index in [-0.39, 0.29) is 10.9 Å². The average molecular weight is 392 g/mol. The number of hydrogen-bond acceptors (Lipinski definition) is 5. The summed E-state index contributed by atoms with van der Waals surface area (Å²) in [5.74, 6) is -0.431. The van der Waals surface area contributed by atoms with Gasteiger partial charge in [0.25, 0.3) is 5.22 Å². The molecule has 0 aliphatic heterocycles. The van der Waals surface area contributed by atoms with Crippen molar-refractivity contribution in [2.45, 2.75) is 24.3 Å². The number of nitrogens with zero attached hydrogens (tertiary/aromatic N) is 2. The van der Waals surface area contributed by atoms with Gasteiger partial charge in [0.1, 0.15) is 5.82 Å². The molecular formula is C18H15ClFN3O2S. The molecule has 8 heteroatoms. The quantitative estimate of drug-likeness (QED) is 0.623. The first-order valence-corrected chi connectivity index (χ1v) is 9.01. The fourth-order valence-corrected chi connectivity index (χ4v) is 2.96. The van der Waals surface area contributed by atoms with E-state index in [1.54, 1.807) is 6.92 Å². The normalized spacial score (nSPS) is 12.0. The summed E-state index contributed by atoms with van der Waals surface area (Å²) in [6, 6.07) is 11.7. The summed E-state index contributed by atoms with van der Waals surface area (Å²) in [6.07, 6.45) is 0. The minimum atomic E-state index is -0.540. The highest BCUT2D eigenvalue weighted by molar-refractivity contribution is 8.00. The van der Waals surface area contributed by atoms with Gasteiger partial charge in [-0.2, -0.15) is 0 Å². The zero-order chi connectivity index (χ0) is 18.7. The number of aryl methyl sites for hydroxylation is 1. The summed E-state index contributed by atoms with van der Waals surface area (Å²) in [5, 5.41) is 10.4. The Hall–Kier alpha value is -2.38. The molecule has 1 aromatic heterocycles. The molecular weight excluding hydrogens is 377 g/mol. The number of carbonyl (C=O) groups excluding carboxylic acids is 1. The molecule has 0 aliphatic carbocycles. The molecule has 2 aromatic carbocycles. The lowest BCUT2D eigenvalue weighted by Crippen LogP contribution is -2.22. The van der Waals surface area contributed by atoms with Crippen molar-refractivity contribution in [2.75, 3.05) is 5.32 Å². The maximum Gasteiger partial charge on any atom is 0.277 e. The number of amides is 1. The number of halogens is 2. The number of anilines is 1. The Bertz CT molecular complexity index is 930. The van der Waals surface area contributed by atoms with Crippen LogP contribution in [-0.4, -0.2) is 21.4 Å². The third kappa shape index (κ3) is 4.42. The maximum atomic E-state index is 13.2. The van der Waals surface area contributed by atoms with Gasteiger partial charge in [-0.15, -0.1) is 10.2 Å². The second kappa shape index (κ2) is 7.88. The third-order valence-corrected chi connectivity index (χ3v) is 4.76. The van der Waals surface area contributed by atoms with Crippen molar-refractivity contribution in [1.82, 2.24) is 10.2 Å². The predicted octanol–water partition coefficient (Wildman–Crippen LogP) is 4.96. The second-order valence-electron chi connectivity index (χ2n) is 5.62. The largest absolute Gasteiger partial charge is 0.411 e. The van der Waals surface area contributed by atoms with Gasteiger partial charge >= 0.3 is 0 Å². The molecule has 0 saturated carbocycles. The molecule has 1 atom stereocenters. The molecule has 3 aromatic rings. The number of rotatable bonds is 5. The lowest BCUT2D eigenvalue weighted by molar-refractivity contribution is -0.115. The van der Waals surface area contributed by atoms with Gasteiger partial charge in [0, 0.05) is 11.3 Å². The van der Waals surface area contributed by atoms with Gasteiger partial charge in [0.2, 0.25) is 11.8 Å². The molecule has 1 heterocycles. The van der Waals surface area contributed by atoms with E-state index in [9.17, 15) is 9.18 Å². The minimum absolute atomic E-state index is 0.0530. The van der Waals surface area contributed by atoms with Gasteiger partial charge in [0.05, 0.1) is 10.3 Å². The Morgan fingerprint density at radius 3 is 2.65 bits per heavy atom. The van der Waals surface area contributed by atoms with E-state index in [2.05, 4.69) is 15.5 Å². The molecule has 0 fully saturated rings. The highest BCUT2D eigenvalue weighted by Gasteiger charge is 2.19. The van der Waals surface area contributed by atoms with Crippen LogP contribution in [0.15, 0.2) is 52.1 Å². The van der Waals surface area contributed by atoms with Crippen molar-refractivity contribution in [1.29, 1.82) is 0 Å². The average Bonchev–Trinajstić information content (AvgIpc) is 3.07. The summed E-state index contributed by atoms with van der Waals surface area (Å²) in [6.45, 7) is 3.70. The monoisotopic (exact) mass is 391 g/mol. The van der Waals surface area contributed by atoms with E-state index in [1.807, 2.05) is 31.2 Å². The van der Waals surface area contributed by atoms with E-state index < -0.39 is 11.1 Å². The van der Waals surface area contributed by atoms with Crippen LogP contribution < -0.4 is 5.32 Å². The number of hydrogen-bond donors (Lipinski definition) is 1.